The maximum absolute atomic E-state index is 13.4. The fraction of sp³-hybridized carbons (Fsp3) is 0.667. The molecule has 1 aromatic heterocycles. The molecule has 0 spiro atoms. The highest BCUT2D eigenvalue weighted by Crippen LogP contribution is 2.19. The summed E-state index contributed by atoms with van der Waals surface area (Å²) >= 11 is 0. The third-order valence-electron chi connectivity index (χ3n) is 2.88. The summed E-state index contributed by atoms with van der Waals surface area (Å²) in [5.74, 6) is 1.17. The van der Waals surface area contributed by atoms with Crippen molar-refractivity contribution in [1.82, 2.24) is 10.3 Å². The molecule has 3 nitrogen and oxygen atoms in total. The molecule has 0 unspecified atom stereocenters. The number of aromatic nitrogens is 1. The van der Waals surface area contributed by atoms with E-state index in [0.29, 0.717) is 18.5 Å². The van der Waals surface area contributed by atoms with Crippen LogP contribution in [0.15, 0.2) is 12.3 Å². The summed E-state index contributed by atoms with van der Waals surface area (Å²) in [5, 5.41) is 3.33. The van der Waals surface area contributed by atoms with Gasteiger partial charge in [0, 0.05) is 31.2 Å². The lowest BCUT2D eigenvalue weighted by Crippen LogP contribution is -2.31. The van der Waals surface area contributed by atoms with Gasteiger partial charge in [0.25, 0.3) is 0 Å². The van der Waals surface area contributed by atoms with Crippen LogP contribution in [0, 0.1) is 11.7 Å². The van der Waals surface area contributed by atoms with Gasteiger partial charge in [-0.1, -0.05) is 27.7 Å². The highest BCUT2D eigenvalue weighted by molar-refractivity contribution is 5.46. The van der Waals surface area contributed by atoms with Crippen molar-refractivity contribution in [3.05, 3.63) is 23.6 Å². The third-order valence-corrected chi connectivity index (χ3v) is 2.88. The van der Waals surface area contributed by atoms with Crippen molar-refractivity contribution in [3.8, 4) is 0 Å². The normalized spacial score (nSPS) is 11.4. The highest BCUT2D eigenvalue weighted by atomic mass is 19.1. The minimum Gasteiger partial charge on any atom is -0.356 e. The second kappa shape index (κ2) is 7.43. The first-order chi connectivity index (χ1) is 8.93. The van der Waals surface area contributed by atoms with Crippen LogP contribution in [-0.2, 0) is 6.54 Å². The monoisotopic (exact) mass is 267 g/mol. The van der Waals surface area contributed by atoms with Gasteiger partial charge < -0.3 is 10.2 Å². The van der Waals surface area contributed by atoms with Crippen molar-refractivity contribution in [2.75, 3.05) is 18.0 Å². The van der Waals surface area contributed by atoms with Crippen molar-refractivity contribution in [1.29, 1.82) is 0 Å². The summed E-state index contributed by atoms with van der Waals surface area (Å²) in [4.78, 5) is 6.50. The predicted molar refractivity (Wildman–Crippen MR) is 78.9 cm³/mol. The molecule has 19 heavy (non-hydrogen) atoms. The Kier molecular flexibility index (Phi) is 6.22. The molecule has 1 rings (SSSR count). The number of nitrogens with one attached hydrogen (secondary N) is 1. The Morgan fingerprint density at radius 2 is 2.00 bits per heavy atom. The first kappa shape index (κ1) is 15.9. The molecule has 0 saturated heterocycles. The molecule has 0 fully saturated rings. The highest BCUT2D eigenvalue weighted by Gasteiger charge is 2.14. The molecule has 0 amide bonds. The number of hydrogen-bond acceptors (Lipinski definition) is 3. The Bertz CT molecular complexity index is 391. The van der Waals surface area contributed by atoms with E-state index >= 15 is 0 Å². The van der Waals surface area contributed by atoms with Crippen LogP contribution >= 0.6 is 0 Å². The fourth-order valence-corrected chi connectivity index (χ4v) is 2.01. The summed E-state index contributed by atoms with van der Waals surface area (Å²) in [6, 6.07) is 1.96. The van der Waals surface area contributed by atoms with E-state index in [1.165, 1.54) is 6.20 Å². The lowest BCUT2D eigenvalue weighted by molar-refractivity contribution is 0.569. The summed E-state index contributed by atoms with van der Waals surface area (Å²) in [7, 11) is 0. The maximum Gasteiger partial charge on any atom is 0.141 e. The van der Waals surface area contributed by atoms with Gasteiger partial charge in [-0.3, -0.25) is 0 Å². The Labute approximate surface area is 116 Å². The van der Waals surface area contributed by atoms with Gasteiger partial charge in [-0.15, -0.1) is 0 Å². The largest absolute Gasteiger partial charge is 0.356 e. The van der Waals surface area contributed by atoms with E-state index in [4.69, 9.17) is 0 Å². The first-order valence-electron chi connectivity index (χ1n) is 7.06. The van der Waals surface area contributed by atoms with Crippen LogP contribution in [0.4, 0.5) is 10.2 Å². The maximum atomic E-state index is 13.4. The molecule has 0 bridgehead atoms. The Morgan fingerprint density at radius 3 is 2.53 bits per heavy atom. The lowest BCUT2D eigenvalue weighted by atomic mass is 10.1. The van der Waals surface area contributed by atoms with Crippen LogP contribution in [0.2, 0.25) is 0 Å². The van der Waals surface area contributed by atoms with Crippen LogP contribution < -0.4 is 10.2 Å². The molecule has 4 heteroatoms. The molecule has 0 aromatic carbocycles. The molecule has 108 valence electrons. The number of anilines is 1. The second-order valence-electron chi connectivity index (χ2n) is 5.60. The number of pyridine rings is 1. The minimum absolute atomic E-state index is 0.273. The second-order valence-corrected chi connectivity index (χ2v) is 5.60. The van der Waals surface area contributed by atoms with Gasteiger partial charge in [-0.2, -0.15) is 0 Å². The Hall–Kier alpha value is -1.16. The average Bonchev–Trinajstić information content (AvgIpc) is 2.33. The molecule has 0 saturated carbocycles. The van der Waals surface area contributed by atoms with Crippen molar-refractivity contribution in [2.24, 2.45) is 5.92 Å². The van der Waals surface area contributed by atoms with E-state index in [-0.39, 0.29) is 5.82 Å². The van der Waals surface area contributed by atoms with Crippen molar-refractivity contribution >= 4 is 5.82 Å². The van der Waals surface area contributed by atoms with Crippen molar-refractivity contribution < 1.29 is 4.39 Å². The van der Waals surface area contributed by atoms with Gasteiger partial charge in [0.1, 0.15) is 11.6 Å². The van der Waals surface area contributed by atoms with Gasteiger partial charge in [0.15, 0.2) is 0 Å². The molecule has 0 aliphatic heterocycles. The Balaban J connectivity index is 2.96. The molecule has 0 radical (unpaired) electrons. The van der Waals surface area contributed by atoms with Gasteiger partial charge >= 0.3 is 0 Å². The van der Waals surface area contributed by atoms with Crippen LogP contribution in [0.1, 0.15) is 40.2 Å². The van der Waals surface area contributed by atoms with E-state index < -0.39 is 0 Å². The fourth-order valence-electron chi connectivity index (χ4n) is 2.01. The molecular weight excluding hydrogens is 241 g/mol. The molecule has 1 N–H and O–H groups in total. The zero-order valence-corrected chi connectivity index (χ0v) is 12.7. The molecule has 0 aliphatic carbocycles. The van der Waals surface area contributed by atoms with Gasteiger partial charge in [0.2, 0.25) is 0 Å². The predicted octanol–water partition coefficient (Wildman–Crippen LogP) is 3.20. The molecular formula is C15H26FN3. The van der Waals surface area contributed by atoms with Crippen LogP contribution in [0.5, 0.6) is 0 Å². The van der Waals surface area contributed by atoms with E-state index in [1.54, 1.807) is 6.07 Å². The Morgan fingerprint density at radius 1 is 1.32 bits per heavy atom. The molecule has 1 aromatic rings. The molecule has 1 heterocycles. The first-order valence-corrected chi connectivity index (χ1v) is 7.06. The van der Waals surface area contributed by atoms with Crippen molar-refractivity contribution in [3.63, 3.8) is 0 Å². The lowest BCUT2D eigenvalue weighted by Gasteiger charge is -2.26. The minimum atomic E-state index is -0.273. The quantitative estimate of drug-likeness (QED) is 0.822. The number of rotatable bonds is 7. The van der Waals surface area contributed by atoms with Crippen LogP contribution in [0.3, 0.4) is 0 Å². The summed E-state index contributed by atoms with van der Waals surface area (Å²) < 4.78 is 13.4. The summed E-state index contributed by atoms with van der Waals surface area (Å²) in [6.45, 7) is 13.1. The smallest absolute Gasteiger partial charge is 0.141 e. The summed E-state index contributed by atoms with van der Waals surface area (Å²) in [6.07, 6.45) is 1.30. The molecule has 0 atom stereocenters. The zero-order valence-electron chi connectivity index (χ0n) is 12.7. The topological polar surface area (TPSA) is 28.2 Å². The van der Waals surface area contributed by atoms with E-state index in [0.717, 1.165) is 24.5 Å². The van der Waals surface area contributed by atoms with E-state index in [2.05, 4.69) is 49.8 Å². The van der Waals surface area contributed by atoms with Gasteiger partial charge in [-0.05, 0) is 18.9 Å². The van der Waals surface area contributed by atoms with Gasteiger partial charge in [0.05, 0.1) is 6.20 Å². The van der Waals surface area contributed by atoms with Crippen LogP contribution in [-0.4, -0.2) is 24.1 Å². The average molecular weight is 267 g/mol. The SMILES string of the molecule is CCN(CC(C)C)c1ncc(F)cc1CNC(C)C. The van der Waals surface area contributed by atoms with Crippen molar-refractivity contribution in [2.45, 2.75) is 47.2 Å². The van der Waals surface area contributed by atoms with Gasteiger partial charge in [-0.25, -0.2) is 9.37 Å². The number of halogens is 1. The van der Waals surface area contributed by atoms with E-state index in [9.17, 15) is 4.39 Å². The number of nitrogens with zero attached hydrogens (tertiary/aromatic N) is 2. The summed E-state index contributed by atoms with van der Waals surface area (Å²) in [5.41, 5.74) is 0.927. The number of hydrogen-bond donors (Lipinski definition) is 1. The standard InChI is InChI=1S/C15H26FN3/c1-6-19(10-11(2)3)15-13(8-17-12(4)5)7-14(16)9-18-15/h7,9,11-12,17H,6,8,10H2,1-5H3. The zero-order chi connectivity index (χ0) is 14.4. The van der Waals surface area contributed by atoms with Crippen LogP contribution in [0.25, 0.3) is 0 Å². The van der Waals surface area contributed by atoms with E-state index in [1.807, 2.05) is 0 Å². The third kappa shape index (κ3) is 5.15. The molecule has 0 aliphatic rings.